The van der Waals surface area contributed by atoms with Crippen LogP contribution >= 0.6 is 0 Å². The van der Waals surface area contributed by atoms with Crippen molar-refractivity contribution in [1.29, 1.82) is 0 Å². The van der Waals surface area contributed by atoms with Crippen molar-refractivity contribution in [2.75, 3.05) is 13.2 Å². The summed E-state index contributed by atoms with van der Waals surface area (Å²) in [5.74, 6) is -6.30. The lowest BCUT2D eigenvalue weighted by molar-refractivity contribution is -0.144. The molecule has 13 heteroatoms. The fourth-order valence-electron chi connectivity index (χ4n) is 2.15. The van der Waals surface area contributed by atoms with Crippen LogP contribution in [-0.2, 0) is 24.0 Å². The number of amides is 3. The van der Waals surface area contributed by atoms with E-state index in [-0.39, 0.29) is 0 Å². The number of carboxylic acid groups (broad SMARTS) is 2. The number of carbonyl (C=O) groups is 5. The molecule has 0 aromatic rings. The lowest BCUT2D eigenvalue weighted by Crippen LogP contribution is -2.59. The van der Waals surface area contributed by atoms with E-state index in [1.54, 1.807) is 13.8 Å². The predicted molar refractivity (Wildman–Crippen MR) is 97.3 cm³/mol. The largest absolute Gasteiger partial charge is 0.481 e. The van der Waals surface area contributed by atoms with Crippen molar-refractivity contribution < 1.29 is 44.4 Å². The van der Waals surface area contributed by atoms with Gasteiger partial charge in [0, 0.05) is 0 Å². The zero-order chi connectivity index (χ0) is 22.7. The summed E-state index contributed by atoms with van der Waals surface area (Å²) in [4.78, 5) is 58.5. The molecule has 0 fully saturated rings. The third-order valence-corrected chi connectivity index (χ3v) is 4.14. The van der Waals surface area contributed by atoms with Gasteiger partial charge in [0.25, 0.3) is 0 Å². The third-order valence-electron chi connectivity index (χ3n) is 4.14. The second kappa shape index (κ2) is 12.6. The van der Waals surface area contributed by atoms with Gasteiger partial charge < -0.3 is 42.1 Å². The molecular weight excluding hydrogens is 392 g/mol. The maximum absolute atomic E-state index is 12.3. The topological polar surface area (TPSA) is 228 Å². The van der Waals surface area contributed by atoms with E-state index >= 15 is 0 Å². The molecule has 9 N–H and O–H groups in total. The number of rotatable bonds is 13. The number of aliphatic carboxylic acids is 2. The van der Waals surface area contributed by atoms with Crippen molar-refractivity contribution in [3.05, 3.63) is 0 Å². The molecule has 0 saturated carbocycles. The van der Waals surface area contributed by atoms with Crippen molar-refractivity contribution in [3.63, 3.8) is 0 Å². The van der Waals surface area contributed by atoms with Gasteiger partial charge in [0.05, 0.1) is 19.6 Å². The Labute approximate surface area is 166 Å². The highest BCUT2D eigenvalue weighted by atomic mass is 16.4. The number of carboxylic acids is 2. The van der Waals surface area contributed by atoms with Gasteiger partial charge >= 0.3 is 11.9 Å². The average molecular weight is 420 g/mol. The summed E-state index contributed by atoms with van der Waals surface area (Å²) in [7, 11) is 0. The summed E-state index contributed by atoms with van der Waals surface area (Å²) in [5.41, 5.74) is 5.30. The van der Waals surface area contributed by atoms with Crippen molar-refractivity contribution >= 4 is 29.7 Å². The van der Waals surface area contributed by atoms with Gasteiger partial charge in [0.2, 0.25) is 17.7 Å². The standard InChI is InChI=1S/C16H28N4O9/c1-3-7(2)12(16(28)29)20-15(27)10(6-22)19-14(26)9(4-11(23)24)18-13(25)8(17)5-21/h7-10,12,21-22H,3-6,17H2,1-2H3,(H,18,25)(H,19,26)(H,20,27)(H,23,24)(H,28,29). The predicted octanol–water partition coefficient (Wildman–Crippen LogP) is -3.64. The Morgan fingerprint density at radius 2 is 1.38 bits per heavy atom. The van der Waals surface area contributed by atoms with E-state index < -0.39 is 79.4 Å². The van der Waals surface area contributed by atoms with Gasteiger partial charge in [-0.2, -0.15) is 0 Å². The minimum absolute atomic E-state index is 0.436. The molecule has 0 radical (unpaired) electrons. The van der Waals surface area contributed by atoms with Gasteiger partial charge in [0.1, 0.15) is 24.2 Å². The summed E-state index contributed by atoms with van der Waals surface area (Å²) in [6, 6.07) is -5.91. The van der Waals surface area contributed by atoms with Crippen molar-refractivity contribution in [3.8, 4) is 0 Å². The first-order valence-corrected chi connectivity index (χ1v) is 8.81. The highest BCUT2D eigenvalue weighted by Gasteiger charge is 2.32. The minimum atomic E-state index is -1.65. The maximum Gasteiger partial charge on any atom is 0.326 e. The zero-order valence-electron chi connectivity index (χ0n) is 16.1. The van der Waals surface area contributed by atoms with Crippen molar-refractivity contribution in [2.24, 2.45) is 11.7 Å². The molecule has 0 saturated heterocycles. The lowest BCUT2D eigenvalue weighted by atomic mass is 9.99. The molecule has 0 spiro atoms. The molecule has 3 amide bonds. The fourth-order valence-corrected chi connectivity index (χ4v) is 2.15. The summed E-state index contributed by atoms with van der Waals surface area (Å²) in [6.45, 7) is 1.65. The van der Waals surface area contributed by atoms with Crippen LogP contribution in [0.2, 0.25) is 0 Å². The van der Waals surface area contributed by atoms with Crippen molar-refractivity contribution in [2.45, 2.75) is 50.9 Å². The van der Waals surface area contributed by atoms with Crippen LogP contribution < -0.4 is 21.7 Å². The summed E-state index contributed by atoms with van der Waals surface area (Å²) in [5, 5.41) is 42.6. The van der Waals surface area contributed by atoms with Gasteiger partial charge in [-0.1, -0.05) is 20.3 Å². The van der Waals surface area contributed by atoms with E-state index in [9.17, 15) is 34.2 Å². The van der Waals surface area contributed by atoms with Crippen LogP contribution in [0.15, 0.2) is 0 Å². The molecule has 0 aliphatic heterocycles. The van der Waals surface area contributed by atoms with Crippen LogP contribution in [-0.4, -0.2) is 87.5 Å². The SMILES string of the molecule is CCC(C)C(NC(=O)C(CO)NC(=O)C(CC(=O)O)NC(=O)C(N)CO)C(=O)O. The monoisotopic (exact) mass is 420 g/mol. The molecule has 0 heterocycles. The van der Waals surface area contributed by atoms with Gasteiger partial charge in [-0.3, -0.25) is 19.2 Å². The summed E-state index contributed by atoms with van der Waals surface area (Å²) >= 11 is 0. The van der Waals surface area contributed by atoms with Crippen LogP contribution in [0.1, 0.15) is 26.7 Å². The van der Waals surface area contributed by atoms with Gasteiger partial charge in [-0.25, -0.2) is 4.79 Å². The number of carbonyl (C=O) groups excluding carboxylic acids is 3. The lowest BCUT2D eigenvalue weighted by Gasteiger charge is -2.25. The molecule has 0 aromatic heterocycles. The number of nitrogens with two attached hydrogens (primary N) is 1. The fraction of sp³-hybridized carbons (Fsp3) is 0.688. The van der Waals surface area contributed by atoms with Crippen LogP contribution in [0.5, 0.6) is 0 Å². The Morgan fingerprint density at radius 1 is 0.862 bits per heavy atom. The summed E-state index contributed by atoms with van der Waals surface area (Å²) in [6.07, 6.45) is -0.425. The Morgan fingerprint density at radius 3 is 1.79 bits per heavy atom. The summed E-state index contributed by atoms with van der Waals surface area (Å²) < 4.78 is 0. The van der Waals surface area contributed by atoms with Crippen LogP contribution in [0, 0.1) is 5.92 Å². The first-order valence-electron chi connectivity index (χ1n) is 8.81. The molecule has 13 nitrogen and oxygen atoms in total. The highest BCUT2D eigenvalue weighted by molar-refractivity contribution is 5.95. The molecule has 0 aliphatic rings. The molecule has 166 valence electrons. The van der Waals surface area contributed by atoms with Crippen molar-refractivity contribution in [1.82, 2.24) is 16.0 Å². The molecule has 0 bridgehead atoms. The normalized spacial score (nSPS) is 15.9. The number of hydrogen-bond acceptors (Lipinski definition) is 8. The molecule has 0 rings (SSSR count). The third kappa shape index (κ3) is 8.85. The minimum Gasteiger partial charge on any atom is -0.481 e. The Bertz CT molecular complexity index is 613. The maximum atomic E-state index is 12.3. The smallest absolute Gasteiger partial charge is 0.326 e. The van der Waals surface area contributed by atoms with E-state index in [1.807, 2.05) is 5.32 Å². The number of aliphatic hydroxyl groups is 2. The van der Waals surface area contributed by atoms with Crippen LogP contribution in [0.3, 0.4) is 0 Å². The quantitative estimate of drug-likeness (QED) is 0.146. The second-order valence-electron chi connectivity index (χ2n) is 6.40. The molecule has 0 aliphatic carbocycles. The van der Waals surface area contributed by atoms with Gasteiger partial charge in [-0.15, -0.1) is 0 Å². The molecule has 0 aromatic carbocycles. The van der Waals surface area contributed by atoms with E-state index in [0.29, 0.717) is 6.42 Å². The number of nitrogens with one attached hydrogen (secondary N) is 3. The van der Waals surface area contributed by atoms with Crippen LogP contribution in [0.4, 0.5) is 0 Å². The van der Waals surface area contributed by atoms with E-state index in [1.165, 1.54) is 0 Å². The van der Waals surface area contributed by atoms with E-state index in [2.05, 4.69) is 10.6 Å². The Balaban J connectivity index is 5.26. The average Bonchev–Trinajstić information content (AvgIpc) is 2.67. The highest BCUT2D eigenvalue weighted by Crippen LogP contribution is 2.08. The zero-order valence-corrected chi connectivity index (χ0v) is 16.1. The second-order valence-corrected chi connectivity index (χ2v) is 6.40. The molecule has 5 atom stereocenters. The van der Waals surface area contributed by atoms with Gasteiger partial charge in [-0.05, 0) is 5.92 Å². The number of aliphatic hydroxyl groups excluding tert-OH is 2. The molecular formula is C16H28N4O9. The molecule has 29 heavy (non-hydrogen) atoms. The first-order chi connectivity index (χ1) is 13.5. The Hall–Kier alpha value is -2.77. The Kier molecular flexibility index (Phi) is 11.4. The van der Waals surface area contributed by atoms with E-state index in [0.717, 1.165) is 0 Å². The first kappa shape index (κ1) is 26.2. The number of hydrogen-bond donors (Lipinski definition) is 8. The molecule has 5 unspecified atom stereocenters. The van der Waals surface area contributed by atoms with Gasteiger partial charge in [0.15, 0.2) is 0 Å². The van der Waals surface area contributed by atoms with E-state index in [4.69, 9.17) is 15.9 Å². The van der Waals surface area contributed by atoms with Crippen LogP contribution in [0.25, 0.3) is 0 Å².